The third kappa shape index (κ3) is 3.03. The second kappa shape index (κ2) is 5.61. The maximum absolute atomic E-state index is 11.7. The lowest BCUT2D eigenvalue weighted by molar-refractivity contribution is -0.664. The summed E-state index contributed by atoms with van der Waals surface area (Å²) in [5.41, 5.74) is 0.505. The maximum Gasteiger partial charge on any atom is 0.269 e. The van der Waals surface area contributed by atoms with Crippen molar-refractivity contribution in [1.29, 1.82) is 0 Å². The lowest BCUT2D eigenvalue weighted by atomic mass is 9.98. The Labute approximate surface area is 95.5 Å². The Morgan fingerprint density at radius 2 is 2.25 bits per heavy atom. The van der Waals surface area contributed by atoms with E-state index < -0.39 is 0 Å². The molecule has 0 spiro atoms. The van der Waals surface area contributed by atoms with E-state index >= 15 is 0 Å². The van der Waals surface area contributed by atoms with Crippen molar-refractivity contribution in [2.75, 3.05) is 19.6 Å². The smallest absolute Gasteiger partial charge is 0.269 e. The van der Waals surface area contributed by atoms with Crippen molar-refractivity contribution in [1.82, 2.24) is 10.3 Å². The normalized spacial score (nSPS) is 17.0. The van der Waals surface area contributed by atoms with E-state index in [4.69, 9.17) is 0 Å². The molecule has 0 aromatic carbocycles. The van der Waals surface area contributed by atoms with Crippen LogP contribution in [0.25, 0.3) is 0 Å². The quantitative estimate of drug-likeness (QED) is 0.740. The number of carbonyl (C=O) groups is 1. The monoisotopic (exact) mass is 220 g/mol. The second-order valence-electron chi connectivity index (χ2n) is 4.23. The predicted molar refractivity (Wildman–Crippen MR) is 61.0 cm³/mol. The van der Waals surface area contributed by atoms with Gasteiger partial charge in [-0.05, 0) is 18.1 Å². The SMILES string of the molecule is O=C(NCC1CC[NH2+]CC1)c1ccccn1. The fraction of sp³-hybridized carbons (Fsp3) is 0.500. The lowest BCUT2D eigenvalue weighted by Gasteiger charge is -2.20. The van der Waals surface area contributed by atoms with Crippen molar-refractivity contribution >= 4 is 5.91 Å². The van der Waals surface area contributed by atoms with Crippen LogP contribution in [0, 0.1) is 5.92 Å². The number of carbonyl (C=O) groups excluding carboxylic acids is 1. The van der Waals surface area contributed by atoms with Gasteiger partial charge in [-0.1, -0.05) is 6.07 Å². The van der Waals surface area contributed by atoms with E-state index in [0.29, 0.717) is 11.6 Å². The maximum atomic E-state index is 11.7. The molecule has 1 aromatic heterocycles. The highest BCUT2D eigenvalue weighted by molar-refractivity contribution is 5.92. The van der Waals surface area contributed by atoms with E-state index in [2.05, 4.69) is 15.6 Å². The number of aromatic nitrogens is 1. The average molecular weight is 220 g/mol. The summed E-state index contributed by atoms with van der Waals surface area (Å²) in [7, 11) is 0. The summed E-state index contributed by atoms with van der Waals surface area (Å²) in [5, 5.41) is 5.28. The molecule has 0 unspecified atom stereocenters. The predicted octanol–water partition coefficient (Wildman–Crippen LogP) is -0.215. The van der Waals surface area contributed by atoms with Gasteiger partial charge in [0.15, 0.2) is 0 Å². The van der Waals surface area contributed by atoms with Crippen LogP contribution in [0.5, 0.6) is 0 Å². The fourth-order valence-electron chi connectivity index (χ4n) is 2.02. The number of quaternary nitrogens is 1. The minimum absolute atomic E-state index is 0.0600. The van der Waals surface area contributed by atoms with E-state index in [1.165, 1.54) is 25.9 Å². The standard InChI is InChI=1S/C12H17N3O/c16-12(11-3-1-2-6-14-11)15-9-10-4-7-13-8-5-10/h1-3,6,10,13H,4-5,7-9H2,(H,15,16)/p+1. The van der Waals surface area contributed by atoms with E-state index in [1.807, 2.05) is 12.1 Å². The minimum Gasteiger partial charge on any atom is -0.350 e. The van der Waals surface area contributed by atoms with Crippen LogP contribution in [-0.2, 0) is 0 Å². The summed E-state index contributed by atoms with van der Waals surface area (Å²) >= 11 is 0. The molecule has 0 saturated carbocycles. The van der Waals surface area contributed by atoms with E-state index in [-0.39, 0.29) is 5.91 Å². The molecular formula is C12H18N3O+. The van der Waals surface area contributed by atoms with Crippen LogP contribution in [0.15, 0.2) is 24.4 Å². The first-order valence-corrected chi connectivity index (χ1v) is 5.87. The van der Waals surface area contributed by atoms with Gasteiger partial charge < -0.3 is 10.6 Å². The minimum atomic E-state index is -0.0600. The number of piperidine rings is 1. The molecule has 0 atom stereocenters. The third-order valence-corrected chi connectivity index (χ3v) is 3.01. The molecule has 0 bridgehead atoms. The topological polar surface area (TPSA) is 58.6 Å². The Morgan fingerprint density at radius 1 is 1.44 bits per heavy atom. The number of nitrogens with two attached hydrogens (primary N) is 1. The summed E-state index contributed by atoms with van der Waals surface area (Å²) in [6.45, 7) is 3.15. The van der Waals surface area contributed by atoms with Crippen molar-refractivity contribution in [3.05, 3.63) is 30.1 Å². The van der Waals surface area contributed by atoms with Gasteiger partial charge in [0.05, 0.1) is 13.1 Å². The Bertz CT molecular complexity index is 333. The highest BCUT2D eigenvalue weighted by Crippen LogP contribution is 2.07. The number of nitrogens with one attached hydrogen (secondary N) is 1. The second-order valence-corrected chi connectivity index (χ2v) is 4.23. The fourth-order valence-corrected chi connectivity index (χ4v) is 2.02. The highest BCUT2D eigenvalue weighted by atomic mass is 16.1. The average Bonchev–Trinajstić information content (AvgIpc) is 2.38. The summed E-state index contributed by atoms with van der Waals surface area (Å²) < 4.78 is 0. The molecular weight excluding hydrogens is 202 g/mol. The molecule has 3 N–H and O–H groups in total. The van der Waals surface area contributed by atoms with E-state index in [0.717, 1.165) is 6.54 Å². The highest BCUT2D eigenvalue weighted by Gasteiger charge is 2.16. The molecule has 86 valence electrons. The van der Waals surface area contributed by atoms with Gasteiger partial charge >= 0.3 is 0 Å². The van der Waals surface area contributed by atoms with Crippen molar-refractivity contribution in [2.24, 2.45) is 5.92 Å². The van der Waals surface area contributed by atoms with E-state index in [1.54, 1.807) is 12.3 Å². The van der Waals surface area contributed by atoms with Crippen LogP contribution in [-0.4, -0.2) is 30.5 Å². The first kappa shape index (κ1) is 11.1. The van der Waals surface area contributed by atoms with Gasteiger partial charge in [0, 0.05) is 25.6 Å². The van der Waals surface area contributed by atoms with Crippen molar-refractivity contribution in [3.8, 4) is 0 Å². The zero-order valence-corrected chi connectivity index (χ0v) is 9.36. The van der Waals surface area contributed by atoms with Crippen molar-refractivity contribution in [3.63, 3.8) is 0 Å². The number of hydrogen-bond donors (Lipinski definition) is 2. The summed E-state index contributed by atoms with van der Waals surface area (Å²) in [5.74, 6) is 0.577. The molecule has 2 heterocycles. The largest absolute Gasteiger partial charge is 0.350 e. The zero-order valence-electron chi connectivity index (χ0n) is 9.36. The number of amides is 1. The molecule has 4 nitrogen and oxygen atoms in total. The first-order valence-electron chi connectivity index (χ1n) is 5.87. The van der Waals surface area contributed by atoms with Gasteiger partial charge in [-0.2, -0.15) is 0 Å². The summed E-state index contributed by atoms with van der Waals surface area (Å²) in [6.07, 6.45) is 4.04. The molecule has 1 fully saturated rings. The Balaban J connectivity index is 1.79. The number of pyridine rings is 1. The molecule has 1 aliphatic heterocycles. The van der Waals surface area contributed by atoms with Crippen LogP contribution >= 0.6 is 0 Å². The molecule has 1 aromatic rings. The number of nitrogens with zero attached hydrogens (tertiary/aromatic N) is 1. The number of hydrogen-bond acceptors (Lipinski definition) is 2. The van der Waals surface area contributed by atoms with Crippen LogP contribution in [0.1, 0.15) is 23.3 Å². The van der Waals surface area contributed by atoms with Gasteiger partial charge in [-0.25, -0.2) is 0 Å². The summed E-state index contributed by atoms with van der Waals surface area (Å²) in [6, 6.07) is 5.38. The zero-order chi connectivity index (χ0) is 11.2. The molecule has 0 radical (unpaired) electrons. The first-order chi connectivity index (χ1) is 7.86. The van der Waals surface area contributed by atoms with Gasteiger partial charge in [0.1, 0.15) is 5.69 Å². The van der Waals surface area contributed by atoms with E-state index in [9.17, 15) is 4.79 Å². The lowest BCUT2D eigenvalue weighted by Crippen LogP contribution is -2.86. The number of rotatable bonds is 3. The van der Waals surface area contributed by atoms with Gasteiger partial charge in [-0.15, -0.1) is 0 Å². The van der Waals surface area contributed by atoms with Gasteiger partial charge in [0.25, 0.3) is 5.91 Å². The molecule has 0 aliphatic carbocycles. The molecule has 1 amide bonds. The Morgan fingerprint density at radius 3 is 2.94 bits per heavy atom. The van der Waals surface area contributed by atoms with Gasteiger partial charge in [0.2, 0.25) is 0 Å². The van der Waals surface area contributed by atoms with Crippen LogP contribution in [0.3, 0.4) is 0 Å². The van der Waals surface area contributed by atoms with Crippen LogP contribution < -0.4 is 10.6 Å². The Kier molecular flexibility index (Phi) is 3.88. The third-order valence-electron chi connectivity index (χ3n) is 3.01. The van der Waals surface area contributed by atoms with Crippen LogP contribution in [0.2, 0.25) is 0 Å². The molecule has 4 heteroatoms. The molecule has 16 heavy (non-hydrogen) atoms. The molecule has 2 rings (SSSR count). The van der Waals surface area contributed by atoms with Crippen molar-refractivity contribution < 1.29 is 10.1 Å². The van der Waals surface area contributed by atoms with Gasteiger partial charge in [-0.3, -0.25) is 9.78 Å². The molecule has 1 aliphatic rings. The summed E-state index contributed by atoms with van der Waals surface area (Å²) in [4.78, 5) is 15.7. The molecule has 1 saturated heterocycles. The van der Waals surface area contributed by atoms with Crippen molar-refractivity contribution in [2.45, 2.75) is 12.8 Å². The Hall–Kier alpha value is -1.42. The van der Waals surface area contributed by atoms with Crippen LogP contribution in [0.4, 0.5) is 0 Å².